The molecule has 0 bridgehead atoms. The van der Waals surface area contributed by atoms with Gasteiger partial charge < -0.3 is 9.88 Å². The Kier molecular flexibility index (Phi) is 8.74. The molecule has 0 aliphatic carbocycles. The summed E-state index contributed by atoms with van der Waals surface area (Å²) >= 11 is 0. The lowest BCUT2D eigenvalue weighted by Gasteiger charge is -2.34. The van der Waals surface area contributed by atoms with E-state index < -0.39 is 27.5 Å². The zero-order valence-electron chi connectivity index (χ0n) is 23.2. The molecule has 0 saturated carbocycles. The number of benzene rings is 2. The van der Waals surface area contributed by atoms with Crippen LogP contribution in [-0.4, -0.2) is 73.9 Å². The molecule has 3 heterocycles. The summed E-state index contributed by atoms with van der Waals surface area (Å²) in [4.78, 5) is 32.6. The molecule has 224 valence electrons. The minimum Gasteiger partial charge on any atom is -0.361 e. The maximum Gasteiger partial charge on any atom is 0.246 e. The molecule has 0 radical (unpaired) electrons. The molecule has 2 fully saturated rings. The van der Waals surface area contributed by atoms with Gasteiger partial charge in [0.2, 0.25) is 15.9 Å². The first-order chi connectivity index (χ1) is 20.0. The molecule has 3 aromatic rings. The van der Waals surface area contributed by atoms with Crippen LogP contribution >= 0.6 is 0 Å². The molecule has 0 atom stereocenters. The van der Waals surface area contributed by atoms with Gasteiger partial charge in [0.1, 0.15) is 5.78 Å². The number of ketones is 1. The maximum atomic E-state index is 13.4. The third kappa shape index (κ3) is 7.04. The van der Waals surface area contributed by atoms with Gasteiger partial charge in [-0.1, -0.05) is 0 Å². The number of nitrogens with one attached hydrogen (secondary N) is 2. The SMILES string of the molecule is CS(=O)(=O)Nc1ccc2[nH]cc(C3CCN(CC(=O)C4CCN(C(=O)C=Cc5cc(F)c(F)c(F)c5)CC4)CC3)c2c1. The average molecular weight is 603 g/mol. The fraction of sp³-hybridized carbons (Fsp3) is 0.400. The van der Waals surface area contributed by atoms with Crippen molar-refractivity contribution in [2.75, 3.05) is 43.7 Å². The largest absolute Gasteiger partial charge is 0.361 e. The first-order valence-corrected chi connectivity index (χ1v) is 15.8. The second-order valence-electron chi connectivity index (χ2n) is 11.1. The van der Waals surface area contributed by atoms with Crippen LogP contribution < -0.4 is 4.72 Å². The molecule has 1 aromatic heterocycles. The number of fused-ring (bicyclic) bond motifs is 1. The molecular weight excluding hydrogens is 569 g/mol. The number of nitrogens with zero attached hydrogens (tertiary/aromatic N) is 2. The van der Waals surface area contributed by atoms with Crippen LogP contribution in [0, 0.1) is 23.4 Å². The minimum absolute atomic E-state index is 0.0481. The summed E-state index contributed by atoms with van der Waals surface area (Å²) in [6.07, 6.45) is 8.42. The number of anilines is 1. The van der Waals surface area contributed by atoms with Gasteiger partial charge in [-0.25, -0.2) is 21.6 Å². The smallest absolute Gasteiger partial charge is 0.246 e. The number of carbonyl (C=O) groups excluding carboxylic acids is 2. The van der Waals surface area contributed by atoms with Crippen LogP contribution in [0.1, 0.15) is 42.7 Å². The third-order valence-corrected chi connectivity index (χ3v) is 8.72. The molecule has 12 heteroatoms. The van der Waals surface area contributed by atoms with E-state index in [0.717, 1.165) is 60.8 Å². The average Bonchev–Trinajstić information content (AvgIpc) is 3.37. The number of H-pyrrole nitrogens is 1. The number of piperidine rings is 2. The highest BCUT2D eigenvalue weighted by Gasteiger charge is 2.29. The summed E-state index contributed by atoms with van der Waals surface area (Å²) in [5, 5.41) is 0.992. The normalized spacial score (nSPS) is 17.8. The first-order valence-electron chi connectivity index (χ1n) is 13.9. The van der Waals surface area contributed by atoms with Crippen LogP contribution in [0.3, 0.4) is 0 Å². The van der Waals surface area contributed by atoms with Crippen molar-refractivity contribution in [2.24, 2.45) is 5.92 Å². The van der Waals surface area contributed by atoms with Crippen molar-refractivity contribution in [3.8, 4) is 0 Å². The highest BCUT2D eigenvalue weighted by molar-refractivity contribution is 7.92. The second-order valence-corrected chi connectivity index (χ2v) is 12.9. The molecule has 1 amide bonds. The van der Waals surface area contributed by atoms with Crippen molar-refractivity contribution in [2.45, 2.75) is 31.6 Å². The topological polar surface area (TPSA) is 103 Å². The molecule has 2 aromatic carbocycles. The number of Topliss-reactive ketones (excluding diaryl/α,β-unsaturated/α-hetero) is 1. The van der Waals surface area contributed by atoms with Gasteiger partial charge in [-0.2, -0.15) is 0 Å². The number of amides is 1. The molecule has 2 aliphatic heterocycles. The Bertz CT molecular complexity index is 1600. The van der Waals surface area contributed by atoms with Crippen molar-refractivity contribution >= 4 is 44.4 Å². The van der Waals surface area contributed by atoms with Gasteiger partial charge in [-0.3, -0.25) is 19.2 Å². The Morgan fingerprint density at radius 2 is 1.67 bits per heavy atom. The number of aromatic amines is 1. The van der Waals surface area contributed by atoms with Crippen molar-refractivity contribution in [1.29, 1.82) is 0 Å². The van der Waals surface area contributed by atoms with Crippen LogP contribution in [0.15, 0.2) is 42.6 Å². The van der Waals surface area contributed by atoms with Crippen LogP contribution in [0.2, 0.25) is 0 Å². The lowest BCUT2D eigenvalue weighted by Crippen LogP contribution is -2.43. The van der Waals surface area contributed by atoms with Gasteiger partial charge in [0.25, 0.3) is 0 Å². The van der Waals surface area contributed by atoms with Crippen molar-refractivity contribution in [3.05, 3.63) is 71.2 Å². The zero-order chi connectivity index (χ0) is 30.0. The monoisotopic (exact) mass is 602 g/mol. The van der Waals surface area contributed by atoms with Crippen molar-refractivity contribution in [1.82, 2.24) is 14.8 Å². The Morgan fingerprint density at radius 1 is 1.00 bits per heavy atom. The maximum absolute atomic E-state index is 13.4. The van der Waals surface area contributed by atoms with Crippen LogP contribution in [-0.2, 0) is 19.6 Å². The summed E-state index contributed by atoms with van der Waals surface area (Å²) < 4.78 is 65.8. The number of halogens is 3. The van der Waals surface area contributed by atoms with Gasteiger partial charge in [0.05, 0.1) is 12.8 Å². The van der Waals surface area contributed by atoms with E-state index >= 15 is 0 Å². The van der Waals surface area contributed by atoms with Gasteiger partial charge in [0, 0.05) is 47.9 Å². The summed E-state index contributed by atoms with van der Waals surface area (Å²) in [6, 6.07) is 7.10. The molecule has 2 saturated heterocycles. The number of hydrogen-bond donors (Lipinski definition) is 2. The summed E-state index contributed by atoms with van der Waals surface area (Å²) in [6.45, 7) is 2.73. The van der Waals surface area contributed by atoms with E-state index in [1.165, 1.54) is 12.2 Å². The highest BCUT2D eigenvalue weighted by atomic mass is 32.2. The minimum atomic E-state index is -3.37. The predicted molar refractivity (Wildman–Crippen MR) is 155 cm³/mol. The number of sulfonamides is 1. The summed E-state index contributed by atoms with van der Waals surface area (Å²) in [5.74, 6) is -4.19. The molecular formula is C30H33F3N4O4S. The molecule has 42 heavy (non-hydrogen) atoms. The van der Waals surface area contributed by atoms with Gasteiger partial charge in [0.15, 0.2) is 17.5 Å². The lowest BCUT2D eigenvalue weighted by atomic mass is 9.88. The highest BCUT2D eigenvalue weighted by Crippen LogP contribution is 2.34. The summed E-state index contributed by atoms with van der Waals surface area (Å²) in [7, 11) is -3.37. The number of carbonyl (C=O) groups is 2. The van der Waals surface area contributed by atoms with E-state index in [1.54, 1.807) is 11.0 Å². The lowest BCUT2D eigenvalue weighted by molar-refractivity contribution is -0.131. The molecule has 0 unspecified atom stereocenters. The fourth-order valence-electron chi connectivity index (χ4n) is 5.88. The van der Waals surface area contributed by atoms with Crippen LogP contribution in [0.25, 0.3) is 17.0 Å². The fourth-order valence-corrected chi connectivity index (χ4v) is 6.43. The van der Waals surface area contributed by atoms with Gasteiger partial charge in [-0.05, 0) is 92.2 Å². The molecule has 0 spiro atoms. The van der Waals surface area contributed by atoms with E-state index in [1.807, 2.05) is 18.3 Å². The summed E-state index contributed by atoms with van der Waals surface area (Å²) in [5.41, 5.74) is 2.66. The van der Waals surface area contributed by atoms with E-state index in [0.29, 0.717) is 44.1 Å². The zero-order valence-corrected chi connectivity index (χ0v) is 24.0. The molecule has 2 aliphatic rings. The number of hydrogen-bond acceptors (Lipinski definition) is 5. The van der Waals surface area contributed by atoms with E-state index in [-0.39, 0.29) is 23.2 Å². The Morgan fingerprint density at radius 3 is 2.31 bits per heavy atom. The predicted octanol–water partition coefficient (Wildman–Crippen LogP) is 4.66. The number of rotatable bonds is 8. The molecule has 5 rings (SSSR count). The first kappa shape index (κ1) is 29.8. The van der Waals surface area contributed by atoms with E-state index in [9.17, 15) is 31.2 Å². The quantitative estimate of drug-likeness (QED) is 0.289. The molecule has 2 N–H and O–H groups in total. The van der Waals surface area contributed by atoms with Gasteiger partial charge >= 0.3 is 0 Å². The van der Waals surface area contributed by atoms with Crippen molar-refractivity contribution in [3.63, 3.8) is 0 Å². The standard InChI is InChI=1S/C30H33F3N4O4S/c1-42(40,41)35-22-3-4-27-23(16-22)24(17-34-27)20-6-10-36(11-7-20)18-28(38)21-8-12-37(13-9-21)29(39)5-2-19-14-25(31)30(33)26(32)15-19/h2-5,14-17,20-21,34-35H,6-13,18H2,1H3. The number of likely N-dealkylation sites (tertiary alicyclic amines) is 2. The van der Waals surface area contributed by atoms with Crippen LogP contribution in [0.4, 0.5) is 18.9 Å². The number of aromatic nitrogens is 1. The van der Waals surface area contributed by atoms with E-state index in [2.05, 4.69) is 14.6 Å². The second kappa shape index (κ2) is 12.3. The Hall–Kier alpha value is -3.64. The van der Waals surface area contributed by atoms with Crippen molar-refractivity contribution < 1.29 is 31.2 Å². The van der Waals surface area contributed by atoms with E-state index in [4.69, 9.17) is 0 Å². The molecule has 8 nitrogen and oxygen atoms in total. The van der Waals surface area contributed by atoms with Crippen LogP contribution in [0.5, 0.6) is 0 Å². The van der Waals surface area contributed by atoms with Gasteiger partial charge in [-0.15, -0.1) is 0 Å². The Balaban J connectivity index is 1.09. The third-order valence-electron chi connectivity index (χ3n) is 8.11. The Labute approximate surface area is 242 Å².